The lowest BCUT2D eigenvalue weighted by Crippen LogP contribution is -2.18. The third-order valence-electron chi connectivity index (χ3n) is 4.11. The SMILES string of the molecule is Cc1cc(C)c2c(c1)C(NCc1ccccc1)CC2.Cl. The molecule has 2 aromatic rings. The fourth-order valence-corrected chi connectivity index (χ4v) is 3.18. The summed E-state index contributed by atoms with van der Waals surface area (Å²) in [5.74, 6) is 0. The minimum Gasteiger partial charge on any atom is -0.306 e. The van der Waals surface area contributed by atoms with E-state index >= 15 is 0 Å². The van der Waals surface area contributed by atoms with E-state index in [1.54, 1.807) is 5.56 Å². The second kappa shape index (κ2) is 6.43. The molecule has 2 aromatic carbocycles. The number of nitrogens with one attached hydrogen (secondary N) is 1. The Morgan fingerprint density at radius 1 is 1.10 bits per heavy atom. The number of fused-ring (bicyclic) bond motifs is 1. The van der Waals surface area contributed by atoms with Gasteiger partial charge in [0.15, 0.2) is 0 Å². The van der Waals surface area contributed by atoms with E-state index in [1.165, 1.54) is 35.1 Å². The second-order valence-electron chi connectivity index (χ2n) is 5.61. The van der Waals surface area contributed by atoms with Crippen LogP contribution in [-0.4, -0.2) is 0 Å². The van der Waals surface area contributed by atoms with E-state index in [1.807, 2.05) is 0 Å². The van der Waals surface area contributed by atoms with Crippen LogP contribution in [-0.2, 0) is 13.0 Å². The maximum absolute atomic E-state index is 3.71. The highest BCUT2D eigenvalue weighted by Gasteiger charge is 2.23. The number of halogens is 1. The largest absolute Gasteiger partial charge is 0.306 e. The van der Waals surface area contributed by atoms with Gasteiger partial charge >= 0.3 is 0 Å². The molecule has 1 nitrogen and oxygen atoms in total. The van der Waals surface area contributed by atoms with E-state index in [4.69, 9.17) is 0 Å². The molecule has 2 heteroatoms. The number of benzene rings is 2. The van der Waals surface area contributed by atoms with Crippen molar-refractivity contribution < 1.29 is 0 Å². The van der Waals surface area contributed by atoms with Crippen molar-refractivity contribution in [3.8, 4) is 0 Å². The Morgan fingerprint density at radius 2 is 1.85 bits per heavy atom. The van der Waals surface area contributed by atoms with Crippen LogP contribution in [0.15, 0.2) is 42.5 Å². The van der Waals surface area contributed by atoms with E-state index < -0.39 is 0 Å². The summed E-state index contributed by atoms with van der Waals surface area (Å²) < 4.78 is 0. The summed E-state index contributed by atoms with van der Waals surface area (Å²) in [6, 6.07) is 15.8. The summed E-state index contributed by atoms with van der Waals surface area (Å²) >= 11 is 0. The molecule has 0 radical (unpaired) electrons. The van der Waals surface area contributed by atoms with Crippen molar-refractivity contribution in [3.63, 3.8) is 0 Å². The molecule has 1 aliphatic rings. The molecular weight excluding hydrogens is 266 g/mol. The molecule has 0 saturated heterocycles. The van der Waals surface area contributed by atoms with Gasteiger partial charge in [0, 0.05) is 12.6 Å². The van der Waals surface area contributed by atoms with E-state index in [9.17, 15) is 0 Å². The molecule has 1 N–H and O–H groups in total. The predicted octanol–water partition coefficient (Wildman–Crippen LogP) is 4.50. The van der Waals surface area contributed by atoms with Gasteiger partial charge in [-0.25, -0.2) is 0 Å². The number of hydrogen-bond donors (Lipinski definition) is 1. The average Bonchev–Trinajstić information content (AvgIpc) is 2.81. The lowest BCUT2D eigenvalue weighted by molar-refractivity contribution is 0.530. The average molecular weight is 288 g/mol. The van der Waals surface area contributed by atoms with E-state index in [0.717, 1.165) is 6.54 Å². The fraction of sp³-hybridized carbons (Fsp3) is 0.333. The Kier molecular flexibility index (Phi) is 4.85. The highest BCUT2D eigenvalue weighted by Crippen LogP contribution is 2.34. The number of hydrogen-bond acceptors (Lipinski definition) is 1. The van der Waals surface area contributed by atoms with Crippen LogP contribution in [0.1, 0.15) is 40.3 Å². The van der Waals surface area contributed by atoms with Gasteiger partial charge in [-0.05, 0) is 48.9 Å². The molecule has 3 rings (SSSR count). The van der Waals surface area contributed by atoms with Crippen LogP contribution in [0, 0.1) is 13.8 Å². The summed E-state index contributed by atoms with van der Waals surface area (Å²) in [5, 5.41) is 3.71. The number of aryl methyl sites for hydroxylation is 2. The molecule has 0 heterocycles. The zero-order valence-corrected chi connectivity index (χ0v) is 13.0. The van der Waals surface area contributed by atoms with Gasteiger partial charge in [-0.15, -0.1) is 12.4 Å². The quantitative estimate of drug-likeness (QED) is 0.876. The zero-order chi connectivity index (χ0) is 13.2. The van der Waals surface area contributed by atoms with E-state index in [-0.39, 0.29) is 12.4 Å². The molecule has 0 spiro atoms. The second-order valence-corrected chi connectivity index (χ2v) is 5.61. The van der Waals surface area contributed by atoms with E-state index in [0.29, 0.717) is 6.04 Å². The number of rotatable bonds is 3. The molecule has 1 atom stereocenters. The third kappa shape index (κ3) is 3.05. The van der Waals surface area contributed by atoms with Crippen molar-refractivity contribution in [2.24, 2.45) is 0 Å². The van der Waals surface area contributed by atoms with Crippen LogP contribution >= 0.6 is 12.4 Å². The van der Waals surface area contributed by atoms with Crippen molar-refractivity contribution in [3.05, 3.63) is 70.3 Å². The fourth-order valence-electron chi connectivity index (χ4n) is 3.18. The van der Waals surface area contributed by atoms with Gasteiger partial charge in [0.1, 0.15) is 0 Å². The standard InChI is InChI=1S/C18H21N.ClH/c1-13-10-14(2)16-8-9-18(17(16)11-13)19-12-15-6-4-3-5-7-15;/h3-7,10-11,18-19H,8-9,12H2,1-2H3;1H. The van der Waals surface area contributed by atoms with Crippen LogP contribution in [0.2, 0.25) is 0 Å². The Bertz CT molecular complexity index is 577. The molecule has 0 aromatic heterocycles. The first-order valence-electron chi connectivity index (χ1n) is 7.11. The van der Waals surface area contributed by atoms with Gasteiger partial charge in [-0.1, -0.05) is 48.0 Å². The molecule has 0 aliphatic heterocycles. The Hall–Kier alpha value is -1.31. The first-order chi connectivity index (χ1) is 9.24. The summed E-state index contributed by atoms with van der Waals surface area (Å²) in [4.78, 5) is 0. The molecule has 106 valence electrons. The van der Waals surface area contributed by atoms with Crippen molar-refractivity contribution in [2.75, 3.05) is 0 Å². The third-order valence-corrected chi connectivity index (χ3v) is 4.11. The Balaban J connectivity index is 0.00000147. The Labute approximate surface area is 127 Å². The zero-order valence-electron chi connectivity index (χ0n) is 12.1. The highest BCUT2D eigenvalue weighted by molar-refractivity contribution is 5.85. The Morgan fingerprint density at radius 3 is 2.60 bits per heavy atom. The maximum Gasteiger partial charge on any atom is 0.0329 e. The molecule has 1 aliphatic carbocycles. The van der Waals surface area contributed by atoms with Crippen molar-refractivity contribution in [2.45, 2.75) is 39.3 Å². The lowest BCUT2D eigenvalue weighted by Gasteiger charge is -2.15. The lowest BCUT2D eigenvalue weighted by atomic mass is 10.00. The summed E-state index contributed by atoms with van der Waals surface area (Å²) in [7, 11) is 0. The molecule has 0 fully saturated rings. The minimum absolute atomic E-state index is 0. The van der Waals surface area contributed by atoms with Crippen molar-refractivity contribution in [1.82, 2.24) is 5.32 Å². The summed E-state index contributed by atoms with van der Waals surface area (Å²) in [6.07, 6.45) is 2.44. The van der Waals surface area contributed by atoms with Gasteiger partial charge in [0.2, 0.25) is 0 Å². The topological polar surface area (TPSA) is 12.0 Å². The van der Waals surface area contributed by atoms with E-state index in [2.05, 4.69) is 61.6 Å². The van der Waals surface area contributed by atoms with Crippen molar-refractivity contribution >= 4 is 12.4 Å². The smallest absolute Gasteiger partial charge is 0.0329 e. The van der Waals surface area contributed by atoms with Gasteiger partial charge in [-0.2, -0.15) is 0 Å². The normalized spacial score (nSPS) is 16.6. The molecular formula is C18H22ClN. The molecule has 1 unspecified atom stereocenters. The van der Waals surface area contributed by atoms with Gasteiger partial charge < -0.3 is 5.32 Å². The maximum atomic E-state index is 3.71. The van der Waals surface area contributed by atoms with Crippen LogP contribution < -0.4 is 5.32 Å². The van der Waals surface area contributed by atoms with Gasteiger partial charge in [0.25, 0.3) is 0 Å². The van der Waals surface area contributed by atoms with Crippen LogP contribution in [0.3, 0.4) is 0 Å². The highest BCUT2D eigenvalue weighted by atomic mass is 35.5. The summed E-state index contributed by atoms with van der Waals surface area (Å²) in [6.45, 7) is 5.39. The minimum atomic E-state index is 0. The van der Waals surface area contributed by atoms with Crippen LogP contribution in [0.5, 0.6) is 0 Å². The predicted molar refractivity (Wildman–Crippen MR) is 87.5 cm³/mol. The van der Waals surface area contributed by atoms with Crippen molar-refractivity contribution in [1.29, 1.82) is 0 Å². The molecule has 20 heavy (non-hydrogen) atoms. The molecule has 0 saturated carbocycles. The molecule has 0 amide bonds. The monoisotopic (exact) mass is 287 g/mol. The first-order valence-corrected chi connectivity index (χ1v) is 7.11. The van der Waals surface area contributed by atoms with Gasteiger partial charge in [0.05, 0.1) is 0 Å². The van der Waals surface area contributed by atoms with Crippen LogP contribution in [0.4, 0.5) is 0 Å². The van der Waals surface area contributed by atoms with Gasteiger partial charge in [-0.3, -0.25) is 0 Å². The van der Waals surface area contributed by atoms with Crippen LogP contribution in [0.25, 0.3) is 0 Å². The molecule has 0 bridgehead atoms. The first kappa shape index (κ1) is 15.1. The summed E-state index contributed by atoms with van der Waals surface area (Å²) in [5.41, 5.74) is 7.29.